The molecule has 3 aromatic rings. The summed E-state index contributed by atoms with van der Waals surface area (Å²) in [6.45, 7) is 3.80. The van der Waals surface area contributed by atoms with Crippen LogP contribution in [0.4, 0.5) is 4.39 Å². The first kappa shape index (κ1) is 14.0. The van der Waals surface area contributed by atoms with Gasteiger partial charge in [0, 0.05) is 17.0 Å². The van der Waals surface area contributed by atoms with Gasteiger partial charge in [0.15, 0.2) is 5.82 Å². The molecule has 0 fully saturated rings. The van der Waals surface area contributed by atoms with E-state index >= 15 is 0 Å². The van der Waals surface area contributed by atoms with Crippen LogP contribution in [0.3, 0.4) is 0 Å². The Balaban J connectivity index is 2.17. The zero-order valence-electron chi connectivity index (χ0n) is 11.8. The second-order valence-electron chi connectivity index (χ2n) is 5.01. The van der Waals surface area contributed by atoms with E-state index in [1.54, 1.807) is 13.0 Å². The van der Waals surface area contributed by atoms with E-state index in [1.165, 1.54) is 11.6 Å². The Morgan fingerprint density at radius 2 is 1.81 bits per heavy atom. The van der Waals surface area contributed by atoms with Crippen molar-refractivity contribution in [2.24, 2.45) is 0 Å². The van der Waals surface area contributed by atoms with Crippen molar-refractivity contribution in [3.63, 3.8) is 0 Å². The van der Waals surface area contributed by atoms with Crippen molar-refractivity contribution in [1.82, 2.24) is 9.97 Å². The van der Waals surface area contributed by atoms with E-state index in [4.69, 9.17) is 11.6 Å². The molecule has 0 saturated heterocycles. The first-order valence-corrected chi connectivity index (χ1v) is 7.19. The van der Waals surface area contributed by atoms with E-state index in [9.17, 15) is 4.39 Å². The van der Waals surface area contributed by atoms with Gasteiger partial charge in [0.05, 0.1) is 5.52 Å². The average molecular weight is 301 g/mol. The number of aryl methyl sites for hydroxylation is 2. The van der Waals surface area contributed by atoms with Crippen LogP contribution in [0.25, 0.3) is 22.3 Å². The van der Waals surface area contributed by atoms with Gasteiger partial charge in [0.25, 0.3) is 0 Å². The quantitative estimate of drug-likeness (QED) is 0.625. The average Bonchev–Trinajstić information content (AvgIpc) is 2.49. The van der Waals surface area contributed by atoms with Gasteiger partial charge in [-0.05, 0) is 30.5 Å². The Kier molecular flexibility index (Phi) is 3.60. The molecule has 0 unspecified atom stereocenters. The van der Waals surface area contributed by atoms with Crippen molar-refractivity contribution in [3.8, 4) is 11.4 Å². The second-order valence-corrected chi connectivity index (χ2v) is 5.37. The minimum atomic E-state index is -0.287. The molecule has 0 radical (unpaired) electrons. The number of fused-ring (bicyclic) bond motifs is 1. The van der Waals surface area contributed by atoms with Crippen LogP contribution in [-0.2, 0) is 6.42 Å². The molecule has 3 rings (SSSR count). The summed E-state index contributed by atoms with van der Waals surface area (Å²) in [4.78, 5) is 8.76. The van der Waals surface area contributed by atoms with Crippen LogP contribution < -0.4 is 0 Å². The molecule has 0 aliphatic heterocycles. The van der Waals surface area contributed by atoms with Crippen LogP contribution in [0.5, 0.6) is 0 Å². The molecule has 0 N–H and O–H groups in total. The number of hydrogen-bond acceptors (Lipinski definition) is 2. The van der Waals surface area contributed by atoms with Gasteiger partial charge in [-0.1, -0.05) is 42.8 Å². The summed E-state index contributed by atoms with van der Waals surface area (Å²) in [5, 5.41) is 1.02. The van der Waals surface area contributed by atoms with E-state index in [-0.39, 0.29) is 5.82 Å². The van der Waals surface area contributed by atoms with Crippen LogP contribution in [0.2, 0.25) is 5.15 Å². The third-order valence-electron chi connectivity index (χ3n) is 3.55. The van der Waals surface area contributed by atoms with Crippen molar-refractivity contribution >= 4 is 22.5 Å². The van der Waals surface area contributed by atoms with Crippen molar-refractivity contribution in [2.45, 2.75) is 20.3 Å². The highest BCUT2D eigenvalue weighted by Gasteiger charge is 2.10. The normalized spacial score (nSPS) is 11.0. The zero-order chi connectivity index (χ0) is 15.0. The molecule has 0 saturated carbocycles. The van der Waals surface area contributed by atoms with Crippen LogP contribution in [-0.4, -0.2) is 9.97 Å². The van der Waals surface area contributed by atoms with Gasteiger partial charge in [0.2, 0.25) is 0 Å². The Morgan fingerprint density at radius 1 is 1.10 bits per heavy atom. The van der Waals surface area contributed by atoms with Gasteiger partial charge in [-0.2, -0.15) is 0 Å². The predicted octanol–water partition coefficient (Wildman–Crippen LogP) is 4.96. The molecule has 0 aliphatic rings. The van der Waals surface area contributed by atoms with E-state index in [1.807, 2.05) is 24.3 Å². The molecule has 0 atom stereocenters. The molecule has 4 heteroatoms. The highest BCUT2D eigenvalue weighted by Crippen LogP contribution is 2.27. The highest BCUT2D eigenvalue weighted by molar-refractivity contribution is 6.34. The molecule has 0 spiro atoms. The SMILES string of the molecule is CCc1ccc(-c2nc(Cl)c3cc(C)c(F)cc3n2)cc1. The minimum absolute atomic E-state index is 0.287. The molecule has 0 aliphatic carbocycles. The number of nitrogens with zero attached hydrogens (tertiary/aromatic N) is 2. The molecule has 106 valence electrons. The van der Waals surface area contributed by atoms with Gasteiger partial charge in [-0.3, -0.25) is 0 Å². The number of hydrogen-bond donors (Lipinski definition) is 0. The summed E-state index contributed by atoms with van der Waals surface area (Å²) in [6.07, 6.45) is 0.976. The number of rotatable bonds is 2. The van der Waals surface area contributed by atoms with Crippen LogP contribution in [0, 0.1) is 12.7 Å². The first-order valence-electron chi connectivity index (χ1n) is 6.81. The maximum absolute atomic E-state index is 13.7. The van der Waals surface area contributed by atoms with Gasteiger partial charge in [0.1, 0.15) is 11.0 Å². The van der Waals surface area contributed by atoms with Crippen LogP contribution in [0.15, 0.2) is 36.4 Å². The molecular weight excluding hydrogens is 287 g/mol. The lowest BCUT2D eigenvalue weighted by molar-refractivity contribution is 0.620. The standard InChI is InChI=1S/C17H14ClFN2/c1-3-11-4-6-12(7-5-11)17-20-15-9-14(19)10(2)8-13(15)16(18)21-17/h4-9H,3H2,1-2H3. The lowest BCUT2D eigenvalue weighted by atomic mass is 10.1. The van der Waals surface area contributed by atoms with Crippen molar-refractivity contribution < 1.29 is 4.39 Å². The molecule has 2 aromatic carbocycles. The van der Waals surface area contributed by atoms with Crippen molar-refractivity contribution in [2.75, 3.05) is 0 Å². The summed E-state index contributed by atoms with van der Waals surface area (Å²) in [5.74, 6) is 0.225. The van der Waals surface area contributed by atoms with E-state index < -0.39 is 0 Å². The lowest BCUT2D eigenvalue weighted by Crippen LogP contribution is -1.94. The zero-order valence-corrected chi connectivity index (χ0v) is 12.6. The number of aromatic nitrogens is 2. The molecule has 0 bridgehead atoms. The lowest BCUT2D eigenvalue weighted by Gasteiger charge is -2.07. The Labute approximate surface area is 127 Å². The van der Waals surface area contributed by atoms with E-state index in [2.05, 4.69) is 16.9 Å². The van der Waals surface area contributed by atoms with Gasteiger partial charge in [-0.15, -0.1) is 0 Å². The summed E-state index contributed by atoms with van der Waals surface area (Å²) in [5.41, 5.74) is 3.17. The topological polar surface area (TPSA) is 25.8 Å². The fourth-order valence-electron chi connectivity index (χ4n) is 2.24. The van der Waals surface area contributed by atoms with Gasteiger partial charge in [-0.25, -0.2) is 14.4 Å². The van der Waals surface area contributed by atoms with Crippen molar-refractivity contribution in [1.29, 1.82) is 0 Å². The summed E-state index contributed by atoms with van der Waals surface area (Å²) in [7, 11) is 0. The minimum Gasteiger partial charge on any atom is -0.228 e. The van der Waals surface area contributed by atoms with Crippen LogP contribution in [0.1, 0.15) is 18.1 Å². The molecule has 1 heterocycles. The largest absolute Gasteiger partial charge is 0.228 e. The maximum Gasteiger partial charge on any atom is 0.161 e. The molecule has 21 heavy (non-hydrogen) atoms. The molecule has 1 aromatic heterocycles. The Morgan fingerprint density at radius 3 is 2.48 bits per heavy atom. The van der Waals surface area contributed by atoms with E-state index in [0.717, 1.165) is 12.0 Å². The summed E-state index contributed by atoms with van der Waals surface area (Å²) < 4.78 is 13.7. The van der Waals surface area contributed by atoms with Gasteiger partial charge >= 0.3 is 0 Å². The number of halogens is 2. The maximum atomic E-state index is 13.7. The monoisotopic (exact) mass is 300 g/mol. The smallest absolute Gasteiger partial charge is 0.161 e. The van der Waals surface area contributed by atoms with Crippen LogP contribution >= 0.6 is 11.6 Å². The van der Waals surface area contributed by atoms with Crippen molar-refractivity contribution in [3.05, 3.63) is 58.5 Å². The Bertz CT molecular complexity index is 813. The highest BCUT2D eigenvalue weighted by atomic mass is 35.5. The molecule has 0 amide bonds. The van der Waals surface area contributed by atoms with E-state index in [0.29, 0.717) is 27.4 Å². The predicted molar refractivity (Wildman–Crippen MR) is 84.1 cm³/mol. The summed E-state index contributed by atoms with van der Waals surface area (Å²) in [6, 6.07) is 11.1. The summed E-state index contributed by atoms with van der Waals surface area (Å²) >= 11 is 6.22. The molecular formula is C17H14ClFN2. The third-order valence-corrected chi connectivity index (χ3v) is 3.84. The molecule has 2 nitrogen and oxygen atoms in total. The first-order chi connectivity index (χ1) is 10.1. The number of benzene rings is 2. The Hall–Kier alpha value is -2.00. The second kappa shape index (κ2) is 5.41. The fourth-order valence-corrected chi connectivity index (χ4v) is 2.47. The third kappa shape index (κ3) is 2.61. The fraction of sp³-hybridized carbons (Fsp3) is 0.176. The van der Waals surface area contributed by atoms with Gasteiger partial charge < -0.3 is 0 Å².